The van der Waals surface area contributed by atoms with Gasteiger partial charge in [0.05, 0.1) is 6.54 Å². The number of hydrogen-bond donors (Lipinski definition) is 2. The van der Waals surface area contributed by atoms with E-state index in [-0.39, 0.29) is 6.04 Å². The van der Waals surface area contributed by atoms with E-state index in [1.807, 2.05) is 4.68 Å². The third-order valence-electron chi connectivity index (χ3n) is 3.81. The standard InChI is InChI=1S/C12H21N5/c13-10-3-4-12-15-11(16-17(12)8-10)6-9-2-1-5-14-7-9/h9-10,14H,1-8,13H2. The van der Waals surface area contributed by atoms with Crippen LogP contribution in [0.3, 0.4) is 0 Å². The topological polar surface area (TPSA) is 68.8 Å². The van der Waals surface area contributed by atoms with Gasteiger partial charge >= 0.3 is 0 Å². The van der Waals surface area contributed by atoms with Crippen LogP contribution in [0.5, 0.6) is 0 Å². The Balaban J connectivity index is 1.67. The maximum Gasteiger partial charge on any atom is 0.151 e. The predicted molar refractivity (Wildman–Crippen MR) is 65.6 cm³/mol. The first-order valence-electron chi connectivity index (χ1n) is 6.70. The number of hydrogen-bond acceptors (Lipinski definition) is 4. The minimum atomic E-state index is 0.258. The number of nitrogens with two attached hydrogens (primary N) is 1. The van der Waals surface area contributed by atoms with E-state index in [0.717, 1.165) is 44.0 Å². The van der Waals surface area contributed by atoms with Crippen LogP contribution in [0, 0.1) is 5.92 Å². The van der Waals surface area contributed by atoms with Gasteiger partial charge in [0, 0.05) is 18.9 Å². The molecule has 2 atom stereocenters. The molecular formula is C12H21N5. The number of fused-ring (bicyclic) bond motifs is 1. The first-order chi connectivity index (χ1) is 8.31. The Morgan fingerprint density at radius 2 is 2.35 bits per heavy atom. The zero-order valence-corrected chi connectivity index (χ0v) is 10.2. The van der Waals surface area contributed by atoms with Crippen LogP contribution in [0.1, 0.15) is 30.9 Å². The van der Waals surface area contributed by atoms with Crippen LogP contribution in [0.15, 0.2) is 0 Å². The van der Waals surface area contributed by atoms with Crippen molar-refractivity contribution < 1.29 is 0 Å². The molecule has 1 aromatic rings. The van der Waals surface area contributed by atoms with Crippen molar-refractivity contribution >= 4 is 0 Å². The van der Waals surface area contributed by atoms with Crippen molar-refractivity contribution in [1.82, 2.24) is 20.1 Å². The van der Waals surface area contributed by atoms with Gasteiger partial charge in [-0.3, -0.25) is 0 Å². The van der Waals surface area contributed by atoms with E-state index in [1.165, 1.54) is 19.4 Å². The fourth-order valence-electron chi connectivity index (χ4n) is 2.83. The Morgan fingerprint density at radius 1 is 1.41 bits per heavy atom. The van der Waals surface area contributed by atoms with E-state index in [9.17, 15) is 0 Å². The highest BCUT2D eigenvalue weighted by atomic mass is 15.4. The number of nitrogens with one attached hydrogen (secondary N) is 1. The summed E-state index contributed by atoms with van der Waals surface area (Å²) >= 11 is 0. The lowest BCUT2D eigenvalue weighted by Crippen LogP contribution is -2.32. The van der Waals surface area contributed by atoms with Crippen molar-refractivity contribution in [3.8, 4) is 0 Å². The van der Waals surface area contributed by atoms with Gasteiger partial charge in [0.1, 0.15) is 5.82 Å². The van der Waals surface area contributed by atoms with Crippen LogP contribution in [0.25, 0.3) is 0 Å². The average molecular weight is 235 g/mol. The molecule has 5 heteroatoms. The Bertz CT molecular complexity index is 380. The Hall–Kier alpha value is -0.940. The number of rotatable bonds is 2. The Morgan fingerprint density at radius 3 is 3.18 bits per heavy atom. The summed E-state index contributed by atoms with van der Waals surface area (Å²) in [7, 11) is 0. The zero-order valence-electron chi connectivity index (χ0n) is 10.2. The normalized spacial score (nSPS) is 29.0. The smallest absolute Gasteiger partial charge is 0.151 e. The lowest BCUT2D eigenvalue weighted by atomic mass is 9.96. The Kier molecular flexibility index (Phi) is 3.11. The van der Waals surface area contributed by atoms with Gasteiger partial charge in [-0.2, -0.15) is 5.10 Å². The van der Waals surface area contributed by atoms with Crippen molar-refractivity contribution in [2.24, 2.45) is 11.7 Å². The molecule has 3 heterocycles. The van der Waals surface area contributed by atoms with E-state index >= 15 is 0 Å². The van der Waals surface area contributed by atoms with Crippen LogP contribution in [0.4, 0.5) is 0 Å². The maximum absolute atomic E-state index is 5.94. The fourth-order valence-corrected chi connectivity index (χ4v) is 2.83. The number of piperidine rings is 1. The SMILES string of the molecule is NC1CCc2nc(CC3CCCNC3)nn2C1. The van der Waals surface area contributed by atoms with Crippen LogP contribution >= 0.6 is 0 Å². The summed E-state index contributed by atoms with van der Waals surface area (Å²) in [6.45, 7) is 3.12. The van der Waals surface area contributed by atoms with Gasteiger partial charge in [0.2, 0.25) is 0 Å². The van der Waals surface area contributed by atoms with Crippen LogP contribution in [-0.4, -0.2) is 33.9 Å². The van der Waals surface area contributed by atoms with E-state index in [2.05, 4.69) is 15.4 Å². The maximum atomic E-state index is 5.94. The van der Waals surface area contributed by atoms with Gasteiger partial charge in [0.25, 0.3) is 0 Å². The lowest BCUT2D eigenvalue weighted by Gasteiger charge is -2.21. The molecule has 2 aliphatic heterocycles. The highest BCUT2D eigenvalue weighted by Gasteiger charge is 2.21. The van der Waals surface area contributed by atoms with Crippen LogP contribution < -0.4 is 11.1 Å². The second kappa shape index (κ2) is 4.74. The quantitative estimate of drug-likeness (QED) is 0.762. The third kappa shape index (κ3) is 2.50. The van der Waals surface area contributed by atoms with E-state index in [4.69, 9.17) is 5.73 Å². The van der Waals surface area contributed by atoms with Gasteiger partial charge in [-0.1, -0.05) is 0 Å². The number of aryl methyl sites for hydroxylation is 1. The fraction of sp³-hybridized carbons (Fsp3) is 0.833. The van der Waals surface area contributed by atoms with Crippen LogP contribution in [0.2, 0.25) is 0 Å². The van der Waals surface area contributed by atoms with E-state index in [0.29, 0.717) is 5.92 Å². The van der Waals surface area contributed by atoms with Gasteiger partial charge in [-0.05, 0) is 38.3 Å². The molecule has 94 valence electrons. The molecule has 3 rings (SSSR count). The van der Waals surface area contributed by atoms with E-state index < -0.39 is 0 Å². The van der Waals surface area contributed by atoms with Crippen molar-refractivity contribution in [2.45, 2.75) is 44.7 Å². The molecule has 2 aliphatic rings. The molecule has 0 spiro atoms. The summed E-state index contributed by atoms with van der Waals surface area (Å²) in [6, 6.07) is 0.258. The molecule has 1 saturated heterocycles. The monoisotopic (exact) mass is 235 g/mol. The molecule has 0 amide bonds. The summed E-state index contributed by atoms with van der Waals surface area (Å²) in [6.07, 6.45) is 5.63. The molecule has 0 saturated carbocycles. The van der Waals surface area contributed by atoms with Gasteiger partial charge < -0.3 is 11.1 Å². The summed E-state index contributed by atoms with van der Waals surface area (Å²) in [5, 5.41) is 8.03. The molecule has 0 radical (unpaired) electrons. The second-order valence-electron chi connectivity index (χ2n) is 5.34. The molecule has 1 aromatic heterocycles. The summed E-state index contributed by atoms with van der Waals surface area (Å²) in [5.41, 5.74) is 5.94. The second-order valence-corrected chi connectivity index (χ2v) is 5.34. The summed E-state index contributed by atoms with van der Waals surface area (Å²) < 4.78 is 2.01. The largest absolute Gasteiger partial charge is 0.326 e. The van der Waals surface area contributed by atoms with Gasteiger partial charge in [-0.25, -0.2) is 9.67 Å². The zero-order chi connectivity index (χ0) is 11.7. The summed E-state index contributed by atoms with van der Waals surface area (Å²) in [4.78, 5) is 4.65. The minimum absolute atomic E-state index is 0.258. The molecule has 2 unspecified atom stereocenters. The molecule has 5 nitrogen and oxygen atoms in total. The van der Waals surface area contributed by atoms with Crippen LogP contribution in [-0.2, 0) is 19.4 Å². The van der Waals surface area contributed by atoms with Gasteiger partial charge in [0.15, 0.2) is 5.82 Å². The van der Waals surface area contributed by atoms with Crippen molar-refractivity contribution in [3.63, 3.8) is 0 Å². The average Bonchev–Trinajstić information content (AvgIpc) is 2.71. The Labute approximate surface area is 102 Å². The molecule has 0 aliphatic carbocycles. The first-order valence-corrected chi connectivity index (χ1v) is 6.70. The molecule has 17 heavy (non-hydrogen) atoms. The van der Waals surface area contributed by atoms with Gasteiger partial charge in [-0.15, -0.1) is 0 Å². The number of nitrogens with zero attached hydrogens (tertiary/aromatic N) is 3. The third-order valence-corrected chi connectivity index (χ3v) is 3.81. The molecule has 0 aromatic carbocycles. The molecule has 3 N–H and O–H groups in total. The number of aromatic nitrogens is 3. The lowest BCUT2D eigenvalue weighted by molar-refractivity contribution is 0.369. The van der Waals surface area contributed by atoms with Crippen molar-refractivity contribution in [3.05, 3.63) is 11.6 Å². The van der Waals surface area contributed by atoms with Crippen molar-refractivity contribution in [2.75, 3.05) is 13.1 Å². The van der Waals surface area contributed by atoms with Crippen molar-refractivity contribution in [1.29, 1.82) is 0 Å². The highest BCUT2D eigenvalue weighted by Crippen LogP contribution is 2.17. The molecule has 1 fully saturated rings. The predicted octanol–water partition coefficient (Wildman–Crippen LogP) is 0.0937. The highest BCUT2D eigenvalue weighted by molar-refractivity contribution is 4.99. The molecule has 0 bridgehead atoms. The van der Waals surface area contributed by atoms with E-state index in [1.54, 1.807) is 0 Å². The summed E-state index contributed by atoms with van der Waals surface area (Å²) in [5.74, 6) is 2.86. The first kappa shape index (κ1) is 11.2. The minimum Gasteiger partial charge on any atom is -0.326 e. The molecular weight excluding hydrogens is 214 g/mol.